The van der Waals surface area contributed by atoms with Gasteiger partial charge in [0.25, 0.3) is 0 Å². The lowest BCUT2D eigenvalue weighted by atomic mass is 9.95. The average Bonchev–Trinajstić information content (AvgIpc) is 3.35. The molecule has 1 saturated heterocycles. The molecule has 2 aromatic heterocycles. The topological polar surface area (TPSA) is 142 Å². The van der Waals surface area contributed by atoms with Gasteiger partial charge in [0.05, 0.1) is 19.0 Å². The number of carboxylic acids is 1. The predicted octanol–water partition coefficient (Wildman–Crippen LogP) is 2.76. The molecule has 4 unspecified atom stereocenters. The van der Waals surface area contributed by atoms with Gasteiger partial charge in [0.2, 0.25) is 10.9 Å². The van der Waals surface area contributed by atoms with Crippen molar-refractivity contribution in [3.8, 4) is 0 Å². The summed E-state index contributed by atoms with van der Waals surface area (Å²) in [4.78, 5) is 35.5. The predicted molar refractivity (Wildman–Crippen MR) is 116 cm³/mol. The van der Waals surface area contributed by atoms with Crippen LogP contribution in [0.1, 0.15) is 18.2 Å². The third-order valence-electron chi connectivity index (χ3n) is 5.37. The fourth-order valence-corrected chi connectivity index (χ4v) is 3.98. The number of halogens is 4. The first-order valence-corrected chi connectivity index (χ1v) is 10.6. The zero-order chi connectivity index (χ0) is 24.6. The molecule has 0 radical (unpaired) electrons. The van der Waals surface area contributed by atoms with Gasteiger partial charge >= 0.3 is 5.97 Å². The molecular formula is C20H17Cl2F2N5O5. The van der Waals surface area contributed by atoms with E-state index in [4.69, 9.17) is 38.4 Å². The van der Waals surface area contributed by atoms with E-state index in [1.807, 2.05) is 0 Å². The number of nitrogens with zero attached hydrogens (tertiary/aromatic N) is 4. The molecule has 1 fully saturated rings. The van der Waals surface area contributed by atoms with Gasteiger partial charge in [-0.2, -0.15) is 9.97 Å². The lowest BCUT2D eigenvalue weighted by Crippen LogP contribution is -2.47. The number of aldehydes is 1. The highest BCUT2D eigenvalue weighted by molar-refractivity contribution is 6.30. The Bertz CT molecular complexity index is 1260. The van der Waals surface area contributed by atoms with Crippen LogP contribution in [0.2, 0.25) is 10.3 Å². The second-order valence-corrected chi connectivity index (χ2v) is 8.41. The van der Waals surface area contributed by atoms with E-state index < -0.39 is 48.9 Å². The van der Waals surface area contributed by atoms with Crippen LogP contribution in [0, 0.1) is 5.82 Å². The number of carbonyl (C=O) groups is 2. The van der Waals surface area contributed by atoms with Crippen molar-refractivity contribution in [2.24, 2.45) is 0 Å². The van der Waals surface area contributed by atoms with Crippen LogP contribution >= 0.6 is 23.2 Å². The number of hydrogen-bond donors (Lipinski definition) is 2. The van der Waals surface area contributed by atoms with Gasteiger partial charge in [0.1, 0.15) is 17.5 Å². The Kier molecular flexibility index (Phi) is 6.67. The highest BCUT2D eigenvalue weighted by atomic mass is 35.5. The molecule has 1 aliphatic heterocycles. The van der Waals surface area contributed by atoms with Crippen molar-refractivity contribution >= 4 is 52.4 Å². The minimum absolute atomic E-state index is 0.00805. The van der Waals surface area contributed by atoms with Gasteiger partial charge in [-0.1, -0.05) is 17.7 Å². The molecule has 180 valence electrons. The number of fused-ring (bicyclic) bond motifs is 1. The number of carbonyl (C=O) groups excluding carboxylic acids is 1. The maximum atomic E-state index is 14.8. The Balaban J connectivity index is 1.51. The maximum Gasteiger partial charge on any atom is 0.343 e. The molecular weight excluding hydrogens is 499 g/mol. The first-order valence-electron chi connectivity index (χ1n) is 9.86. The molecule has 1 aromatic carbocycles. The van der Waals surface area contributed by atoms with Crippen molar-refractivity contribution < 1.29 is 33.0 Å². The minimum atomic E-state index is -2.42. The van der Waals surface area contributed by atoms with Gasteiger partial charge in [-0.25, -0.2) is 18.6 Å². The van der Waals surface area contributed by atoms with Gasteiger partial charge in [0, 0.05) is 17.9 Å². The number of alkyl halides is 1. The van der Waals surface area contributed by atoms with Crippen LogP contribution in [-0.2, 0) is 25.5 Å². The van der Waals surface area contributed by atoms with Crippen LogP contribution in [0.5, 0.6) is 0 Å². The van der Waals surface area contributed by atoms with Crippen LogP contribution < -0.4 is 5.73 Å². The molecule has 10 nitrogen and oxygen atoms in total. The summed E-state index contributed by atoms with van der Waals surface area (Å²) in [6, 6.07) is 3.60. The largest absolute Gasteiger partial charge is 0.479 e. The highest BCUT2D eigenvalue weighted by Crippen LogP contribution is 2.35. The van der Waals surface area contributed by atoms with E-state index in [-0.39, 0.29) is 45.6 Å². The lowest BCUT2D eigenvalue weighted by molar-refractivity contribution is -0.172. The molecule has 14 heteroatoms. The fourth-order valence-electron chi connectivity index (χ4n) is 3.65. The summed E-state index contributed by atoms with van der Waals surface area (Å²) in [6.07, 6.45) is -3.12. The number of benzene rings is 1. The number of nitrogen functional groups attached to an aromatic ring is 1. The highest BCUT2D eigenvalue weighted by Gasteiger charge is 2.44. The van der Waals surface area contributed by atoms with Crippen molar-refractivity contribution in [3.05, 3.63) is 46.2 Å². The smallest absolute Gasteiger partial charge is 0.343 e. The van der Waals surface area contributed by atoms with Crippen LogP contribution in [0.4, 0.5) is 14.6 Å². The molecule has 0 saturated carbocycles. The van der Waals surface area contributed by atoms with Crippen molar-refractivity contribution in [2.45, 2.75) is 36.9 Å². The van der Waals surface area contributed by atoms with Crippen LogP contribution in [0.25, 0.3) is 11.2 Å². The van der Waals surface area contributed by atoms with E-state index in [1.54, 1.807) is 0 Å². The van der Waals surface area contributed by atoms with Gasteiger partial charge < -0.3 is 20.3 Å². The number of aromatic nitrogens is 4. The molecule has 3 N–H and O–H groups in total. The molecule has 1 aliphatic rings. The molecule has 0 aliphatic carbocycles. The fraction of sp³-hybridized carbons (Fsp3) is 0.350. The average molecular weight is 516 g/mol. The summed E-state index contributed by atoms with van der Waals surface area (Å²) >= 11 is 11.6. The van der Waals surface area contributed by atoms with Gasteiger partial charge in [-0.15, -0.1) is 0 Å². The molecule has 34 heavy (non-hydrogen) atoms. The van der Waals surface area contributed by atoms with Crippen LogP contribution in [0.15, 0.2) is 24.5 Å². The normalized spacial score (nSPS) is 22.1. The number of aliphatic carboxylic acids is 1. The molecule has 3 heterocycles. The number of ether oxygens (including phenoxy) is 2. The summed E-state index contributed by atoms with van der Waals surface area (Å²) in [5, 5.41) is 9.60. The number of rotatable bonds is 8. The summed E-state index contributed by atoms with van der Waals surface area (Å²) in [5.74, 6) is -2.42. The van der Waals surface area contributed by atoms with Gasteiger partial charge in [-0.05, 0) is 29.3 Å². The van der Waals surface area contributed by atoms with E-state index in [9.17, 15) is 23.5 Å². The summed E-state index contributed by atoms with van der Waals surface area (Å²) in [6.45, 7) is -0.457. The molecule has 3 aromatic rings. The van der Waals surface area contributed by atoms with E-state index >= 15 is 0 Å². The quantitative estimate of drug-likeness (QED) is 0.263. The molecule has 0 spiro atoms. The zero-order valence-electron chi connectivity index (χ0n) is 17.2. The molecule has 4 atom stereocenters. The first-order chi connectivity index (χ1) is 16.1. The van der Waals surface area contributed by atoms with Crippen molar-refractivity contribution in [3.63, 3.8) is 0 Å². The Morgan fingerprint density at radius 1 is 1.41 bits per heavy atom. The number of imidazole rings is 1. The molecule has 4 rings (SSSR count). The number of anilines is 1. The third kappa shape index (κ3) is 4.53. The van der Waals surface area contributed by atoms with E-state index in [2.05, 4.69) is 15.0 Å². The third-order valence-corrected chi connectivity index (χ3v) is 5.78. The molecule has 0 bridgehead atoms. The second kappa shape index (κ2) is 9.37. The lowest BCUT2D eigenvalue weighted by Gasteiger charge is -2.26. The number of hydrogen-bond acceptors (Lipinski definition) is 8. The first kappa shape index (κ1) is 24.2. The number of nitrogens with two attached hydrogens (primary N) is 1. The summed E-state index contributed by atoms with van der Waals surface area (Å²) < 4.78 is 41.4. The van der Waals surface area contributed by atoms with Crippen LogP contribution in [-0.4, -0.2) is 61.4 Å². The van der Waals surface area contributed by atoms with E-state index in [0.717, 1.165) is 6.07 Å². The maximum absolute atomic E-state index is 14.8. The monoisotopic (exact) mass is 515 g/mol. The number of carboxylic acid groups (broad SMARTS) is 1. The summed E-state index contributed by atoms with van der Waals surface area (Å²) in [7, 11) is 0. The van der Waals surface area contributed by atoms with Crippen molar-refractivity contribution in [1.29, 1.82) is 0 Å². The van der Waals surface area contributed by atoms with Gasteiger partial charge in [0.15, 0.2) is 24.0 Å². The van der Waals surface area contributed by atoms with E-state index in [0.29, 0.717) is 0 Å². The second-order valence-electron chi connectivity index (χ2n) is 7.64. The summed E-state index contributed by atoms with van der Waals surface area (Å²) in [5.41, 5.74) is 3.61. The van der Waals surface area contributed by atoms with E-state index in [1.165, 1.54) is 23.0 Å². The van der Waals surface area contributed by atoms with Gasteiger partial charge in [-0.3, -0.25) is 9.36 Å². The minimum Gasteiger partial charge on any atom is -0.479 e. The Hall–Kier alpha value is -2.93. The Morgan fingerprint density at radius 3 is 2.85 bits per heavy atom. The Morgan fingerprint density at radius 2 is 2.18 bits per heavy atom. The molecule has 0 amide bonds. The Labute approximate surface area is 200 Å². The SMILES string of the molecule is Nc1nc(Cl)nc2c1ncn2C1OC(COC(C=O)(Cc2ccc(Cl)cc2F)C(=O)O)CC1F. The zero-order valence-corrected chi connectivity index (χ0v) is 18.7. The van der Waals surface area contributed by atoms with Crippen LogP contribution in [0.3, 0.4) is 0 Å². The standard InChI is InChI=1S/C20H17Cl2F2N5O5/c21-10-2-1-9(12(23)3-10)5-20(7-30,18(31)32)33-6-11-4-13(24)17(34-11)29-8-26-14-15(25)27-19(22)28-16(14)29/h1-3,7-8,11,13,17H,4-6H2,(H,31,32)(H2,25,27,28). The van der Waals surface area contributed by atoms with Crippen molar-refractivity contribution in [2.75, 3.05) is 12.3 Å². The van der Waals surface area contributed by atoms with Crippen molar-refractivity contribution in [1.82, 2.24) is 19.5 Å².